The number of phenolic OH excluding ortho intramolecular Hbond substituents is 1. The summed E-state index contributed by atoms with van der Waals surface area (Å²) in [6.45, 7) is 2.12. The summed E-state index contributed by atoms with van der Waals surface area (Å²) in [4.78, 5) is 4.35. The van der Waals surface area contributed by atoms with Crippen molar-refractivity contribution in [2.75, 3.05) is 0 Å². The van der Waals surface area contributed by atoms with E-state index in [9.17, 15) is 5.11 Å². The largest absolute Gasteiger partial charge is 0.508 e. The Bertz CT molecular complexity index is 515. The Morgan fingerprint density at radius 1 is 1.12 bits per heavy atom. The molecule has 0 bridgehead atoms. The van der Waals surface area contributed by atoms with Crippen molar-refractivity contribution in [3.8, 4) is 5.75 Å². The first-order valence-corrected chi connectivity index (χ1v) is 5.70. The van der Waals surface area contributed by atoms with Gasteiger partial charge in [-0.15, -0.1) is 0 Å². The minimum atomic E-state index is 0.286. The van der Waals surface area contributed by atoms with E-state index < -0.39 is 0 Å². The average Bonchev–Trinajstić information content (AvgIpc) is 2.38. The van der Waals surface area contributed by atoms with Gasteiger partial charge in [-0.05, 0) is 41.8 Å². The quantitative estimate of drug-likeness (QED) is 0.867. The van der Waals surface area contributed by atoms with E-state index in [0.717, 1.165) is 17.7 Å². The summed E-state index contributed by atoms with van der Waals surface area (Å²) in [6, 6.07) is 11.2. The summed E-state index contributed by atoms with van der Waals surface area (Å²) in [7, 11) is 0. The number of benzene rings is 1. The van der Waals surface area contributed by atoms with Crippen LogP contribution in [0.1, 0.15) is 23.7 Å². The summed E-state index contributed by atoms with van der Waals surface area (Å²) < 4.78 is 0. The van der Waals surface area contributed by atoms with Crippen molar-refractivity contribution in [2.24, 2.45) is 0 Å². The van der Waals surface area contributed by atoms with E-state index in [-0.39, 0.29) is 5.75 Å². The molecule has 1 aromatic carbocycles. The molecule has 1 N–H and O–H groups in total. The maximum absolute atomic E-state index is 9.19. The highest BCUT2D eigenvalue weighted by Gasteiger charge is 1.96. The third kappa shape index (κ3) is 2.94. The average molecular weight is 225 g/mol. The molecule has 2 heteroatoms. The fourth-order valence-corrected chi connectivity index (χ4v) is 1.66. The molecule has 0 saturated carbocycles. The van der Waals surface area contributed by atoms with Crippen molar-refractivity contribution in [3.63, 3.8) is 0 Å². The maximum atomic E-state index is 9.19. The number of nitrogens with zero attached hydrogens (tertiary/aromatic N) is 1. The molecule has 17 heavy (non-hydrogen) atoms. The molecule has 0 aliphatic heterocycles. The van der Waals surface area contributed by atoms with Crippen molar-refractivity contribution in [1.29, 1.82) is 0 Å². The second-order valence-electron chi connectivity index (χ2n) is 3.83. The molecule has 0 aliphatic carbocycles. The van der Waals surface area contributed by atoms with Crippen LogP contribution in [0.5, 0.6) is 5.75 Å². The first-order valence-electron chi connectivity index (χ1n) is 5.70. The predicted molar refractivity (Wildman–Crippen MR) is 70.6 cm³/mol. The second kappa shape index (κ2) is 5.30. The van der Waals surface area contributed by atoms with Gasteiger partial charge in [0.2, 0.25) is 0 Å². The highest BCUT2D eigenvalue weighted by atomic mass is 16.3. The molecule has 0 fully saturated rings. The normalized spacial score (nSPS) is 10.9. The number of phenols is 1. The van der Waals surface area contributed by atoms with Crippen molar-refractivity contribution >= 4 is 12.2 Å². The molecule has 0 spiro atoms. The minimum Gasteiger partial charge on any atom is -0.508 e. The fourth-order valence-electron chi connectivity index (χ4n) is 1.66. The Kier molecular flexibility index (Phi) is 3.55. The summed E-state index contributed by atoms with van der Waals surface area (Å²) in [5.41, 5.74) is 3.29. The zero-order chi connectivity index (χ0) is 12.1. The van der Waals surface area contributed by atoms with Crippen LogP contribution in [0.2, 0.25) is 0 Å². The highest BCUT2D eigenvalue weighted by molar-refractivity contribution is 5.69. The van der Waals surface area contributed by atoms with E-state index in [1.165, 1.54) is 5.56 Å². The molecule has 0 radical (unpaired) electrons. The van der Waals surface area contributed by atoms with Crippen LogP contribution in [0.25, 0.3) is 12.2 Å². The standard InChI is InChI=1S/C15H15NO/c1-2-13-4-3-11-16-15(13)10-7-12-5-8-14(17)9-6-12/h3-11,17H,2H2,1H3. The van der Waals surface area contributed by atoms with Gasteiger partial charge < -0.3 is 5.11 Å². The first kappa shape index (κ1) is 11.4. The Balaban J connectivity index is 2.22. The van der Waals surface area contributed by atoms with Crippen molar-refractivity contribution < 1.29 is 5.11 Å². The van der Waals surface area contributed by atoms with Gasteiger partial charge >= 0.3 is 0 Å². The molecule has 0 unspecified atom stereocenters. The van der Waals surface area contributed by atoms with Crippen LogP contribution in [-0.4, -0.2) is 10.1 Å². The summed E-state index contributed by atoms with van der Waals surface area (Å²) in [6.07, 6.45) is 6.78. The van der Waals surface area contributed by atoms with Gasteiger partial charge in [0.25, 0.3) is 0 Å². The maximum Gasteiger partial charge on any atom is 0.115 e. The highest BCUT2D eigenvalue weighted by Crippen LogP contribution is 2.14. The van der Waals surface area contributed by atoms with Crippen LogP contribution in [0.4, 0.5) is 0 Å². The second-order valence-corrected chi connectivity index (χ2v) is 3.83. The predicted octanol–water partition coefficient (Wildman–Crippen LogP) is 3.52. The first-order chi connectivity index (χ1) is 8.29. The third-order valence-corrected chi connectivity index (χ3v) is 2.63. The van der Waals surface area contributed by atoms with Gasteiger partial charge in [0, 0.05) is 6.20 Å². The number of aromatic hydroxyl groups is 1. The molecule has 0 amide bonds. The Morgan fingerprint density at radius 2 is 1.88 bits per heavy atom. The van der Waals surface area contributed by atoms with E-state index in [0.29, 0.717) is 0 Å². The van der Waals surface area contributed by atoms with Crippen LogP contribution < -0.4 is 0 Å². The molecule has 1 heterocycles. The van der Waals surface area contributed by atoms with Gasteiger partial charge in [-0.2, -0.15) is 0 Å². The Hall–Kier alpha value is -2.09. The molecule has 86 valence electrons. The molecule has 2 rings (SSSR count). The number of hydrogen-bond acceptors (Lipinski definition) is 2. The molecule has 1 aromatic heterocycles. The molecule has 0 saturated heterocycles. The molecular formula is C15H15NO. The number of hydrogen-bond donors (Lipinski definition) is 1. The molecular weight excluding hydrogens is 210 g/mol. The van der Waals surface area contributed by atoms with Crippen LogP contribution in [0.15, 0.2) is 42.6 Å². The molecule has 2 aromatic rings. The van der Waals surface area contributed by atoms with Crippen LogP contribution in [0.3, 0.4) is 0 Å². The number of aromatic nitrogens is 1. The van der Waals surface area contributed by atoms with Crippen LogP contribution in [0, 0.1) is 0 Å². The van der Waals surface area contributed by atoms with Gasteiger partial charge in [0.05, 0.1) is 5.69 Å². The van der Waals surface area contributed by atoms with E-state index in [4.69, 9.17) is 0 Å². The number of rotatable bonds is 3. The fraction of sp³-hybridized carbons (Fsp3) is 0.133. The zero-order valence-corrected chi connectivity index (χ0v) is 9.80. The molecule has 0 atom stereocenters. The lowest BCUT2D eigenvalue weighted by molar-refractivity contribution is 0.475. The van der Waals surface area contributed by atoms with Crippen molar-refractivity contribution in [3.05, 3.63) is 59.4 Å². The van der Waals surface area contributed by atoms with Crippen molar-refractivity contribution in [1.82, 2.24) is 4.98 Å². The SMILES string of the molecule is CCc1cccnc1C=Cc1ccc(O)cc1. The molecule has 2 nitrogen and oxygen atoms in total. The number of aryl methyl sites for hydroxylation is 1. The summed E-state index contributed by atoms with van der Waals surface area (Å²) in [5, 5.41) is 9.19. The summed E-state index contributed by atoms with van der Waals surface area (Å²) in [5.74, 6) is 0.286. The summed E-state index contributed by atoms with van der Waals surface area (Å²) >= 11 is 0. The topological polar surface area (TPSA) is 33.1 Å². The van der Waals surface area contributed by atoms with Crippen LogP contribution in [-0.2, 0) is 6.42 Å². The Labute approximate surface area is 101 Å². The van der Waals surface area contributed by atoms with E-state index in [2.05, 4.69) is 18.0 Å². The van der Waals surface area contributed by atoms with Crippen LogP contribution >= 0.6 is 0 Å². The van der Waals surface area contributed by atoms with Gasteiger partial charge in [-0.25, -0.2) is 0 Å². The molecule has 0 aliphatic rings. The monoisotopic (exact) mass is 225 g/mol. The van der Waals surface area contributed by atoms with Gasteiger partial charge in [0.1, 0.15) is 5.75 Å². The minimum absolute atomic E-state index is 0.286. The van der Waals surface area contributed by atoms with Gasteiger partial charge in [-0.1, -0.05) is 31.2 Å². The zero-order valence-electron chi connectivity index (χ0n) is 9.80. The number of pyridine rings is 1. The lowest BCUT2D eigenvalue weighted by atomic mass is 10.1. The smallest absolute Gasteiger partial charge is 0.115 e. The lowest BCUT2D eigenvalue weighted by Crippen LogP contribution is -1.88. The lowest BCUT2D eigenvalue weighted by Gasteiger charge is -2.00. The third-order valence-electron chi connectivity index (χ3n) is 2.63. The van der Waals surface area contributed by atoms with E-state index in [1.54, 1.807) is 18.3 Å². The Morgan fingerprint density at radius 3 is 2.59 bits per heavy atom. The van der Waals surface area contributed by atoms with E-state index in [1.807, 2.05) is 30.4 Å². The van der Waals surface area contributed by atoms with E-state index >= 15 is 0 Å². The van der Waals surface area contributed by atoms with Gasteiger partial charge in [0.15, 0.2) is 0 Å². The van der Waals surface area contributed by atoms with Gasteiger partial charge in [-0.3, -0.25) is 4.98 Å². The van der Waals surface area contributed by atoms with Crippen molar-refractivity contribution in [2.45, 2.75) is 13.3 Å².